The van der Waals surface area contributed by atoms with E-state index in [-0.39, 0.29) is 32.8 Å². The van der Waals surface area contributed by atoms with Crippen LogP contribution in [-0.4, -0.2) is 59.1 Å². The molecule has 0 radical (unpaired) electrons. The van der Waals surface area contributed by atoms with E-state index in [2.05, 4.69) is 0 Å². The van der Waals surface area contributed by atoms with Crippen LogP contribution in [0.1, 0.15) is 6.42 Å². The van der Waals surface area contributed by atoms with E-state index in [1.165, 1.54) is 0 Å². The molecule has 2 unspecified atom stereocenters. The molecule has 12 heavy (non-hydrogen) atoms. The highest BCUT2D eigenvalue weighted by Gasteiger charge is 2.12. The first kappa shape index (κ1) is 11.8. The molecule has 0 aromatic rings. The maximum atomic E-state index is 8.96. The summed E-state index contributed by atoms with van der Waals surface area (Å²) >= 11 is 0. The summed E-state index contributed by atoms with van der Waals surface area (Å²) in [6.45, 7) is -0.564. The topological polar surface area (TPSA) is 90.2 Å². The summed E-state index contributed by atoms with van der Waals surface area (Å²) in [5, 5.41) is 34.5. The average Bonchev–Trinajstić information content (AvgIpc) is 2.11. The molecule has 5 heteroatoms. The Morgan fingerprint density at radius 1 is 1.08 bits per heavy atom. The fourth-order valence-electron chi connectivity index (χ4n) is 0.793. The smallest absolute Gasteiger partial charge is 0.0832 e. The van der Waals surface area contributed by atoms with E-state index < -0.39 is 12.2 Å². The first-order valence-corrected chi connectivity index (χ1v) is 3.86. The van der Waals surface area contributed by atoms with Crippen LogP contribution in [0.15, 0.2) is 0 Å². The van der Waals surface area contributed by atoms with Crippen molar-refractivity contribution in [2.75, 3.05) is 26.4 Å². The van der Waals surface area contributed by atoms with Gasteiger partial charge in [-0.2, -0.15) is 0 Å². The van der Waals surface area contributed by atoms with E-state index in [0.29, 0.717) is 0 Å². The summed E-state index contributed by atoms with van der Waals surface area (Å²) in [7, 11) is 0. The van der Waals surface area contributed by atoms with E-state index in [4.69, 9.17) is 25.2 Å². The van der Waals surface area contributed by atoms with Crippen LogP contribution in [0.3, 0.4) is 0 Å². The Balaban J connectivity index is 3.51. The highest BCUT2D eigenvalue weighted by atomic mass is 16.5. The zero-order valence-corrected chi connectivity index (χ0v) is 6.89. The molecular weight excluding hydrogens is 164 g/mol. The van der Waals surface area contributed by atoms with Gasteiger partial charge in [0.05, 0.1) is 38.6 Å². The van der Waals surface area contributed by atoms with Gasteiger partial charge in [0.1, 0.15) is 0 Å². The number of aliphatic hydroxyl groups is 4. The minimum Gasteiger partial charge on any atom is -0.394 e. The Bertz CT molecular complexity index is 97.8. The Kier molecular flexibility index (Phi) is 7.33. The van der Waals surface area contributed by atoms with Gasteiger partial charge >= 0.3 is 0 Å². The molecule has 0 amide bonds. The zero-order chi connectivity index (χ0) is 9.40. The second-order valence-electron chi connectivity index (χ2n) is 2.47. The molecule has 0 bridgehead atoms. The fourth-order valence-corrected chi connectivity index (χ4v) is 0.793. The first-order chi connectivity index (χ1) is 5.74. The molecule has 0 aromatic carbocycles. The lowest BCUT2D eigenvalue weighted by atomic mass is 10.2. The normalized spacial score (nSPS) is 16.0. The van der Waals surface area contributed by atoms with Gasteiger partial charge in [0.15, 0.2) is 0 Å². The Labute approximate surface area is 71.2 Å². The molecule has 0 rings (SSSR count). The van der Waals surface area contributed by atoms with Gasteiger partial charge in [-0.1, -0.05) is 0 Å². The number of ether oxygens (including phenoxy) is 1. The average molecular weight is 180 g/mol. The van der Waals surface area contributed by atoms with E-state index in [9.17, 15) is 0 Å². The van der Waals surface area contributed by atoms with Gasteiger partial charge in [0.25, 0.3) is 0 Å². The molecule has 74 valence electrons. The molecule has 0 saturated carbocycles. The minimum atomic E-state index is -0.874. The summed E-state index contributed by atoms with van der Waals surface area (Å²) in [4.78, 5) is 0. The number of hydrogen-bond donors (Lipinski definition) is 4. The number of aliphatic hydroxyl groups excluding tert-OH is 4. The Morgan fingerprint density at radius 3 is 2.17 bits per heavy atom. The molecule has 0 heterocycles. The molecule has 0 saturated heterocycles. The fraction of sp³-hybridized carbons (Fsp3) is 1.00. The molecular formula is C7H16O5. The van der Waals surface area contributed by atoms with Crippen LogP contribution in [0.25, 0.3) is 0 Å². The van der Waals surface area contributed by atoms with E-state index in [1.807, 2.05) is 0 Å². The maximum absolute atomic E-state index is 8.96. The summed E-state index contributed by atoms with van der Waals surface area (Å²) in [6.07, 6.45) is -1.22. The molecule has 0 aliphatic heterocycles. The molecule has 0 aromatic heterocycles. The van der Waals surface area contributed by atoms with Crippen LogP contribution >= 0.6 is 0 Å². The third-order valence-electron chi connectivity index (χ3n) is 1.39. The van der Waals surface area contributed by atoms with Gasteiger partial charge < -0.3 is 25.2 Å². The third-order valence-corrected chi connectivity index (χ3v) is 1.39. The van der Waals surface area contributed by atoms with Gasteiger partial charge in [-0.25, -0.2) is 0 Å². The minimum absolute atomic E-state index is 0.119. The molecule has 4 N–H and O–H groups in total. The van der Waals surface area contributed by atoms with Crippen molar-refractivity contribution >= 4 is 0 Å². The van der Waals surface area contributed by atoms with Crippen molar-refractivity contribution in [3.63, 3.8) is 0 Å². The first-order valence-electron chi connectivity index (χ1n) is 3.86. The van der Waals surface area contributed by atoms with Crippen LogP contribution in [0.5, 0.6) is 0 Å². The lowest BCUT2D eigenvalue weighted by molar-refractivity contribution is -0.0374. The molecule has 0 fully saturated rings. The summed E-state index contributed by atoms with van der Waals surface area (Å²) in [6, 6.07) is 0. The van der Waals surface area contributed by atoms with E-state index >= 15 is 0 Å². The van der Waals surface area contributed by atoms with Crippen molar-refractivity contribution in [3.05, 3.63) is 0 Å². The van der Waals surface area contributed by atoms with E-state index in [0.717, 1.165) is 0 Å². The van der Waals surface area contributed by atoms with Crippen LogP contribution in [0.2, 0.25) is 0 Å². The molecule has 5 nitrogen and oxygen atoms in total. The van der Waals surface area contributed by atoms with Crippen molar-refractivity contribution in [2.24, 2.45) is 0 Å². The molecule has 0 aliphatic rings. The maximum Gasteiger partial charge on any atom is 0.0832 e. The van der Waals surface area contributed by atoms with Gasteiger partial charge in [-0.15, -0.1) is 0 Å². The third kappa shape index (κ3) is 5.45. The number of hydrogen-bond acceptors (Lipinski definition) is 5. The van der Waals surface area contributed by atoms with Crippen molar-refractivity contribution < 1.29 is 25.2 Å². The lowest BCUT2D eigenvalue weighted by Gasteiger charge is -2.16. The van der Waals surface area contributed by atoms with Gasteiger partial charge in [-0.3, -0.25) is 0 Å². The van der Waals surface area contributed by atoms with Crippen LogP contribution in [-0.2, 0) is 4.74 Å². The van der Waals surface area contributed by atoms with Crippen LogP contribution in [0.4, 0.5) is 0 Å². The number of rotatable bonds is 7. The van der Waals surface area contributed by atoms with Crippen LogP contribution < -0.4 is 0 Å². The predicted molar refractivity (Wildman–Crippen MR) is 41.6 cm³/mol. The summed E-state index contributed by atoms with van der Waals surface area (Å²) in [5.41, 5.74) is 0. The Morgan fingerprint density at radius 2 is 1.75 bits per heavy atom. The molecule has 0 spiro atoms. The summed E-state index contributed by atoms with van der Waals surface area (Å²) < 4.78 is 4.94. The quantitative estimate of drug-likeness (QED) is 0.367. The second-order valence-corrected chi connectivity index (χ2v) is 2.47. The second kappa shape index (κ2) is 7.45. The largest absolute Gasteiger partial charge is 0.394 e. The van der Waals surface area contributed by atoms with E-state index in [1.54, 1.807) is 0 Å². The zero-order valence-electron chi connectivity index (χ0n) is 6.89. The van der Waals surface area contributed by atoms with Crippen molar-refractivity contribution in [1.29, 1.82) is 0 Å². The van der Waals surface area contributed by atoms with Crippen LogP contribution in [0, 0.1) is 0 Å². The highest BCUT2D eigenvalue weighted by Crippen LogP contribution is 2.01. The van der Waals surface area contributed by atoms with Gasteiger partial charge in [0.2, 0.25) is 0 Å². The monoisotopic (exact) mass is 180 g/mol. The van der Waals surface area contributed by atoms with Gasteiger partial charge in [-0.05, 0) is 0 Å². The predicted octanol–water partition coefficient (Wildman–Crippen LogP) is -1.90. The van der Waals surface area contributed by atoms with Gasteiger partial charge in [0, 0.05) is 6.42 Å². The van der Waals surface area contributed by atoms with Crippen molar-refractivity contribution in [2.45, 2.75) is 18.6 Å². The lowest BCUT2D eigenvalue weighted by Crippen LogP contribution is -2.27. The van der Waals surface area contributed by atoms with Crippen molar-refractivity contribution in [1.82, 2.24) is 0 Å². The molecule has 2 atom stereocenters. The Hall–Kier alpha value is -0.200. The standard InChI is InChI=1S/C7H16O5/c8-1-2-12-7(5-10)3-6(11)4-9/h6-11H,1-5H2. The summed E-state index contributed by atoms with van der Waals surface area (Å²) in [5.74, 6) is 0. The molecule has 0 aliphatic carbocycles. The van der Waals surface area contributed by atoms with Crippen molar-refractivity contribution in [3.8, 4) is 0 Å². The SMILES string of the molecule is OCCOC(CO)CC(O)CO. The highest BCUT2D eigenvalue weighted by molar-refractivity contribution is 4.62.